The third kappa shape index (κ3) is 7.78. The molecule has 1 heterocycles. The molecule has 6 heteroatoms. The van der Waals surface area contributed by atoms with Crippen LogP contribution in [0.5, 0.6) is 0 Å². The van der Waals surface area contributed by atoms with Crippen LogP contribution in [-0.4, -0.2) is 43.6 Å². The lowest BCUT2D eigenvalue weighted by Crippen LogP contribution is -2.49. The lowest BCUT2D eigenvalue weighted by atomic mass is 10.0. The summed E-state index contributed by atoms with van der Waals surface area (Å²) in [5, 5.41) is 7.03. The molecule has 0 amide bonds. The third-order valence-corrected chi connectivity index (χ3v) is 5.18. The van der Waals surface area contributed by atoms with Crippen molar-refractivity contribution >= 4 is 29.9 Å². The van der Waals surface area contributed by atoms with Gasteiger partial charge < -0.3 is 10.6 Å². The van der Waals surface area contributed by atoms with E-state index in [-0.39, 0.29) is 29.8 Å². The van der Waals surface area contributed by atoms with Crippen LogP contribution in [0.1, 0.15) is 45.1 Å². The summed E-state index contributed by atoms with van der Waals surface area (Å²) in [6.07, 6.45) is 4.60. The molecule has 0 unspecified atom stereocenters. The van der Waals surface area contributed by atoms with Crippen molar-refractivity contribution < 1.29 is 4.39 Å². The van der Waals surface area contributed by atoms with Crippen LogP contribution in [0.4, 0.5) is 4.39 Å². The average molecular weight is 476 g/mol. The average Bonchev–Trinajstić information content (AvgIpc) is 2.65. The number of hydrogen-bond donors (Lipinski definition) is 2. The van der Waals surface area contributed by atoms with Crippen molar-refractivity contribution in [2.75, 3.05) is 26.7 Å². The van der Waals surface area contributed by atoms with Crippen LogP contribution in [0.25, 0.3) is 0 Å². The normalized spacial score (nSPS) is 16.4. The molecule has 1 fully saturated rings. The van der Waals surface area contributed by atoms with Gasteiger partial charge in [0.25, 0.3) is 0 Å². The van der Waals surface area contributed by atoms with Gasteiger partial charge in [-0.25, -0.2) is 4.39 Å². The first-order valence-corrected chi connectivity index (χ1v) is 9.58. The van der Waals surface area contributed by atoms with Gasteiger partial charge >= 0.3 is 0 Å². The zero-order valence-corrected chi connectivity index (χ0v) is 18.6. The Morgan fingerprint density at radius 2 is 1.81 bits per heavy atom. The van der Waals surface area contributed by atoms with Crippen molar-refractivity contribution in [1.29, 1.82) is 0 Å². The van der Waals surface area contributed by atoms with E-state index >= 15 is 0 Å². The molecule has 0 aliphatic carbocycles. The van der Waals surface area contributed by atoms with Gasteiger partial charge in [-0.2, -0.15) is 0 Å². The number of nitrogens with one attached hydrogen (secondary N) is 2. The second-order valence-corrected chi connectivity index (χ2v) is 6.96. The van der Waals surface area contributed by atoms with E-state index in [4.69, 9.17) is 0 Å². The van der Waals surface area contributed by atoms with E-state index in [0.29, 0.717) is 12.0 Å². The van der Waals surface area contributed by atoms with E-state index in [1.54, 1.807) is 12.1 Å². The molecular formula is C20H34FIN4. The summed E-state index contributed by atoms with van der Waals surface area (Å²) in [5.41, 5.74) is 1.18. The van der Waals surface area contributed by atoms with Crippen molar-refractivity contribution in [2.45, 2.75) is 52.1 Å². The Bertz CT molecular complexity index is 523. The molecule has 148 valence electrons. The van der Waals surface area contributed by atoms with Gasteiger partial charge in [-0.15, -0.1) is 24.0 Å². The zero-order chi connectivity index (χ0) is 18.1. The van der Waals surface area contributed by atoms with Gasteiger partial charge in [0.15, 0.2) is 5.96 Å². The summed E-state index contributed by atoms with van der Waals surface area (Å²) < 4.78 is 13.0. The van der Waals surface area contributed by atoms with Gasteiger partial charge in [-0.3, -0.25) is 9.89 Å². The maximum Gasteiger partial charge on any atom is 0.191 e. The Morgan fingerprint density at radius 1 is 1.19 bits per heavy atom. The van der Waals surface area contributed by atoms with E-state index in [1.807, 2.05) is 19.2 Å². The Labute approximate surface area is 175 Å². The van der Waals surface area contributed by atoms with Gasteiger partial charge in [-0.1, -0.05) is 38.8 Å². The first-order valence-electron chi connectivity index (χ1n) is 9.58. The molecule has 2 N–H and O–H groups in total. The minimum atomic E-state index is -0.168. The smallest absolute Gasteiger partial charge is 0.191 e. The number of benzene rings is 1. The van der Waals surface area contributed by atoms with Gasteiger partial charge in [0.05, 0.1) is 0 Å². The second kappa shape index (κ2) is 12.5. The van der Waals surface area contributed by atoms with E-state index in [0.717, 1.165) is 45.0 Å². The molecular weight excluding hydrogens is 442 g/mol. The number of rotatable bonds is 7. The molecule has 0 atom stereocenters. The second-order valence-electron chi connectivity index (χ2n) is 6.96. The largest absolute Gasteiger partial charge is 0.356 e. The first-order chi connectivity index (χ1) is 12.1. The Balaban J connectivity index is 0.00000338. The highest BCUT2D eigenvalue weighted by Crippen LogP contribution is 2.14. The van der Waals surface area contributed by atoms with Crippen LogP contribution >= 0.6 is 24.0 Å². The molecule has 0 saturated carbocycles. The fraction of sp³-hybridized carbons (Fsp3) is 0.650. The standard InChI is InChI=1S/C20H33FN4.HI/c1-4-16(5-2)14-23-20(22-3)24-19-10-12-25(13-11-19)15-17-6-8-18(21)9-7-17;/h6-9,16,19H,4-5,10-15H2,1-3H3,(H2,22,23,24);1H. The van der Waals surface area contributed by atoms with Gasteiger partial charge in [0.1, 0.15) is 5.82 Å². The van der Waals surface area contributed by atoms with Crippen LogP contribution in [0, 0.1) is 11.7 Å². The summed E-state index contributed by atoms with van der Waals surface area (Å²) in [4.78, 5) is 6.80. The first kappa shape index (κ1) is 23.1. The minimum absolute atomic E-state index is 0. The van der Waals surface area contributed by atoms with Crippen molar-refractivity contribution in [2.24, 2.45) is 10.9 Å². The highest BCUT2D eigenvalue weighted by atomic mass is 127. The number of aliphatic imine (C=N–C) groups is 1. The molecule has 0 radical (unpaired) electrons. The fourth-order valence-corrected chi connectivity index (χ4v) is 3.29. The number of halogens is 2. The Kier molecular flexibility index (Phi) is 11.1. The highest BCUT2D eigenvalue weighted by Gasteiger charge is 2.20. The molecule has 1 aromatic carbocycles. The molecule has 0 bridgehead atoms. The molecule has 26 heavy (non-hydrogen) atoms. The number of guanidine groups is 1. The summed E-state index contributed by atoms with van der Waals surface area (Å²) in [6.45, 7) is 8.47. The molecule has 2 rings (SSSR count). The van der Waals surface area contributed by atoms with E-state index in [1.165, 1.54) is 18.4 Å². The van der Waals surface area contributed by atoms with E-state index < -0.39 is 0 Å². The number of piperidine rings is 1. The molecule has 1 aliphatic heterocycles. The molecule has 1 aromatic rings. The van der Waals surface area contributed by atoms with Gasteiger partial charge in [-0.05, 0) is 36.5 Å². The number of hydrogen-bond acceptors (Lipinski definition) is 2. The third-order valence-electron chi connectivity index (χ3n) is 5.18. The summed E-state index contributed by atoms with van der Waals surface area (Å²) in [7, 11) is 1.84. The summed E-state index contributed by atoms with van der Waals surface area (Å²) in [5.74, 6) is 1.46. The predicted octanol–water partition coefficient (Wildman–Crippen LogP) is 4.01. The molecule has 4 nitrogen and oxygen atoms in total. The quantitative estimate of drug-likeness (QED) is 0.355. The Hall–Kier alpha value is -0.890. The molecule has 1 saturated heterocycles. The van der Waals surface area contributed by atoms with E-state index in [2.05, 4.69) is 34.4 Å². The molecule has 1 aliphatic rings. The lowest BCUT2D eigenvalue weighted by molar-refractivity contribution is 0.198. The summed E-state index contributed by atoms with van der Waals surface area (Å²) in [6, 6.07) is 7.31. The Morgan fingerprint density at radius 3 is 2.35 bits per heavy atom. The summed E-state index contributed by atoms with van der Waals surface area (Å²) >= 11 is 0. The van der Waals surface area contributed by atoms with Crippen LogP contribution in [0.15, 0.2) is 29.3 Å². The van der Waals surface area contributed by atoms with Crippen molar-refractivity contribution in [3.05, 3.63) is 35.6 Å². The molecule has 0 aromatic heterocycles. The maximum atomic E-state index is 13.0. The van der Waals surface area contributed by atoms with Crippen LogP contribution < -0.4 is 10.6 Å². The van der Waals surface area contributed by atoms with Crippen LogP contribution in [-0.2, 0) is 6.54 Å². The van der Waals surface area contributed by atoms with E-state index in [9.17, 15) is 4.39 Å². The lowest BCUT2D eigenvalue weighted by Gasteiger charge is -2.33. The minimum Gasteiger partial charge on any atom is -0.356 e. The van der Waals surface area contributed by atoms with Crippen molar-refractivity contribution in [3.63, 3.8) is 0 Å². The highest BCUT2D eigenvalue weighted by molar-refractivity contribution is 14.0. The predicted molar refractivity (Wildman–Crippen MR) is 119 cm³/mol. The van der Waals surface area contributed by atoms with Crippen LogP contribution in [0.2, 0.25) is 0 Å². The fourth-order valence-electron chi connectivity index (χ4n) is 3.29. The zero-order valence-electron chi connectivity index (χ0n) is 16.3. The van der Waals surface area contributed by atoms with Gasteiger partial charge in [0.2, 0.25) is 0 Å². The maximum absolute atomic E-state index is 13.0. The van der Waals surface area contributed by atoms with Crippen LogP contribution in [0.3, 0.4) is 0 Å². The number of likely N-dealkylation sites (tertiary alicyclic amines) is 1. The SMILES string of the molecule is CCC(CC)CNC(=NC)NC1CCN(Cc2ccc(F)cc2)CC1.I. The monoisotopic (exact) mass is 476 g/mol. The van der Waals surface area contributed by atoms with Gasteiger partial charge in [0, 0.05) is 39.3 Å². The van der Waals surface area contributed by atoms with Crippen molar-refractivity contribution in [3.8, 4) is 0 Å². The number of nitrogens with zero attached hydrogens (tertiary/aromatic N) is 2. The van der Waals surface area contributed by atoms with Crippen molar-refractivity contribution in [1.82, 2.24) is 15.5 Å². The topological polar surface area (TPSA) is 39.7 Å². The molecule has 0 spiro atoms.